The fourth-order valence-corrected chi connectivity index (χ4v) is 3.20. The number of nitrogens with one attached hydrogen (secondary N) is 1. The van der Waals surface area contributed by atoms with Gasteiger partial charge in [0.2, 0.25) is 0 Å². The molecular formula is C13H21BrN2S. The lowest BCUT2D eigenvalue weighted by Crippen LogP contribution is -2.36. The first kappa shape index (κ1) is 15.0. The summed E-state index contributed by atoms with van der Waals surface area (Å²) in [7, 11) is 0. The van der Waals surface area contributed by atoms with E-state index in [9.17, 15) is 0 Å². The van der Waals surface area contributed by atoms with E-state index in [1.807, 2.05) is 17.8 Å². The van der Waals surface area contributed by atoms with Gasteiger partial charge in [0, 0.05) is 21.2 Å². The third-order valence-electron chi connectivity index (χ3n) is 2.64. The number of hydrogen-bond donors (Lipinski definition) is 2. The van der Waals surface area contributed by atoms with Crippen LogP contribution in [0.5, 0.6) is 0 Å². The topological polar surface area (TPSA) is 38.0 Å². The van der Waals surface area contributed by atoms with Crippen molar-refractivity contribution >= 4 is 27.7 Å². The number of nitrogens with two attached hydrogens (primary N) is 1. The summed E-state index contributed by atoms with van der Waals surface area (Å²) in [6, 6.07) is 8.79. The minimum absolute atomic E-state index is 0.408. The molecule has 3 N–H and O–H groups in total. The molecule has 1 atom stereocenters. The number of unbranched alkanes of at least 4 members (excludes halogenated alkanes) is 2. The molecule has 1 aromatic rings. The Morgan fingerprint density at radius 1 is 1.41 bits per heavy atom. The van der Waals surface area contributed by atoms with Crippen LogP contribution in [0.15, 0.2) is 33.6 Å². The van der Waals surface area contributed by atoms with Crippen LogP contribution in [0.1, 0.15) is 32.6 Å². The maximum atomic E-state index is 5.58. The summed E-state index contributed by atoms with van der Waals surface area (Å²) in [5.74, 6) is 6.60. The Hall–Kier alpha value is -0.0300. The highest BCUT2D eigenvalue weighted by atomic mass is 79.9. The molecule has 0 aliphatic rings. The second-order valence-corrected chi connectivity index (χ2v) is 6.14. The highest BCUT2D eigenvalue weighted by molar-refractivity contribution is 9.10. The van der Waals surface area contributed by atoms with Crippen LogP contribution < -0.4 is 11.3 Å². The van der Waals surface area contributed by atoms with E-state index >= 15 is 0 Å². The van der Waals surface area contributed by atoms with Crippen molar-refractivity contribution in [3.05, 3.63) is 28.7 Å². The van der Waals surface area contributed by atoms with E-state index in [0.717, 1.165) is 16.6 Å². The van der Waals surface area contributed by atoms with E-state index in [1.165, 1.54) is 24.2 Å². The van der Waals surface area contributed by atoms with Crippen LogP contribution in [-0.2, 0) is 0 Å². The third-order valence-corrected chi connectivity index (χ3v) is 4.29. The van der Waals surface area contributed by atoms with Crippen LogP contribution in [0, 0.1) is 0 Å². The molecule has 0 saturated carbocycles. The molecule has 96 valence electrons. The number of rotatable bonds is 8. The molecule has 0 aliphatic carbocycles. The fourth-order valence-electron chi connectivity index (χ4n) is 1.61. The lowest BCUT2D eigenvalue weighted by atomic mass is 10.1. The Balaban J connectivity index is 2.31. The van der Waals surface area contributed by atoms with E-state index < -0.39 is 0 Å². The van der Waals surface area contributed by atoms with Crippen molar-refractivity contribution in [1.82, 2.24) is 5.43 Å². The average molecular weight is 317 g/mol. The van der Waals surface area contributed by atoms with E-state index in [1.54, 1.807) is 0 Å². The predicted molar refractivity (Wildman–Crippen MR) is 80.1 cm³/mol. The van der Waals surface area contributed by atoms with Crippen molar-refractivity contribution in [2.24, 2.45) is 5.84 Å². The Labute approximate surface area is 117 Å². The molecule has 17 heavy (non-hydrogen) atoms. The molecular weight excluding hydrogens is 296 g/mol. The van der Waals surface area contributed by atoms with Gasteiger partial charge in [0.05, 0.1) is 0 Å². The number of benzene rings is 1. The van der Waals surface area contributed by atoms with Gasteiger partial charge in [-0.15, -0.1) is 11.8 Å². The van der Waals surface area contributed by atoms with Gasteiger partial charge in [0.25, 0.3) is 0 Å². The summed E-state index contributed by atoms with van der Waals surface area (Å²) in [5.41, 5.74) is 2.91. The summed E-state index contributed by atoms with van der Waals surface area (Å²) in [4.78, 5) is 1.29. The molecule has 1 unspecified atom stereocenters. The van der Waals surface area contributed by atoms with Crippen molar-refractivity contribution in [3.63, 3.8) is 0 Å². The van der Waals surface area contributed by atoms with Crippen molar-refractivity contribution < 1.29 is 0 Å². The van der Waals surface area contributed by atoms with Crippen LogP contribution in [0.2, 0.25) is 0 Å². The lowest BCUT2D eigenvalue weighted by Gasteiger charge is -2.15. The SMILES string of the molecule is CCCCCC(CSc1cccc(Br)c1)NN. The van der Waals surface area contributed by atoms with Gasteiger partial charge in [-0.25, -0.2) is 0 Å². The second kappa shape index (κ2) is 8.97. The monoisotopic (exact) mass is 316 g/mol. The molecule has 2 nitrogen and oxygen atoms in total. The quantitative estimate of drug-likeness (QED) is 0.330. The maximum absolute atomic E-state index is 5.58. The van der Waals surface area contributed by atoms with Crippen LogP contribution in [0.4, 0.5) is 0 Å². The van der Waals surface area contributed by atoms with Crippen LogP contribution in [-0.4, -0.2) is 11.8 Å². The van der Waals surface area contributed by atoms with Gasteiger partial charge in [-0.3, -0.25) is 11.3 Å². The van der Waals surface area contributed by atoms with Crippen LogP contribution in [0.3, 0.4) is 0 Å². The molecule has 0 heterocycles. The molecule has 0 bridgehead atoms. The van der Waals surface area contributed by atoms with Gasteiger partial charge in [-0.05, 0) is 24.6 Å². The summed E-state index contributed by atoms with van der Waals surface area (Å²) < 4.78 is 1.13. The van der Waals surface area contributed by atoms with Gasteiger partial charge < -0.3 is 0 Å². The molecule has 0 saturated heterocycles. The highest BCUT2D eigenvalue weighted by Crippen LogP contribution is 2.23. The van der Waals surface area contributed by atoms with E-state index in [4.69, 9.17) is 5.84 Å². The van der Waals surface area contributed by atoms with Gasteiger partial charge in [0.1, 0.15) is 0 Å². The molecule has 0 fully saturated rings. The van der Waals surface area contributed by atoms with Gasteiger partial charge in [-0.1, -0.05) is 48.2 Å². The first-order valence-corrected chi connectivity index (χ1v) is 7.88. The zero-order valence-electron chi connectivity index (χ0n) is 10.3. The number of thioether (sulfide) groups is 1. The van der Waals surface area contributed by atoms with Crippen molar-refractivity contribution in [3.8, 4) is 0 Å². The summed E-state index contributed by atoms with van der Waals surface area (Å²) in [6.07, 6.45) is 4.96. The molecule has 1 rings (SSSR count). The standard InChI is InChI=1S/C13H21BrN2S/c1-2-3-4-7-12(16-15)10-17-13-8-5-6-11(14)9-13/h5-6,8-9,12,16H,2-4,7,10,15H2,1H3. The van der Waals surface area contributed by atoms with Gasteiger partial charge >= 0.3 is 0 Å². The van der Waals surface area contributed by atoms with Gasteiger partial charge in [0.15, 0.2) is 0 Å². The smallest absolute Gasteiger partial charge is 0.0304 e. The number of hydrogen-bond acceptors (Lipinski definition) is 3. The molecule has 0 radical (unpaired) electrons. The van der Waals surface area contributed by atoms with Crippen LogP contribution >= 0.6 is 27.7 Å². The van der Waals surface area contributed by atoms with Gasteiger partial charge in [-0.2, -0.15) is 0 Å². The highest BCUT2D eigenvalue weighted by Gasteiger charge is 2.06. The molecule has 4 heteroatoms. The lowest BCUT2D eigenvalue weighted by molar-refractivity contribution is 0.507. The molecule has 1 aromatic carbocycles. The first-order chi connectivity index (χ1) is 8.26. The van der Waals surface area contributed by atoms with E-state index in [2.05, 4.69) is 46.5 Å². The predicted octanol–water partition coefficient (Wildman–Crippen LogP) is 3.95. The molecule has 0 aliphatic heterocycles. The van der Waals surface area contributed by atoms with Crippen LogP contribution in [0.25, 0.3) is 0 Å². The average Bonchev–Trinajstić information content (AvgIpc) is 2.34. The second-order valence-electron chi connectivity index (χ2n) is 4.13. The maximum Gasteiger partial charge on any atom is 0.0304 e. The minimum atomic E-state index is 0.408. The zero-order chi connectivity index (χ0) is 12.5. The largest absolute Gasteiger partial charge is 0.271 e. The molecule has 0 spiro atoms. The minimum Gasteiger partial charge on any atom is -0.271 e. The Morgan fingerprint density at radius 3 is 2.88 bits per heavy atom. The Kier molecular flexibility index (Phi) is 7.93. The molecule has 0 aromatic heterocycles. The first-order valence-electron chi connectivity index (χ1n) is 6.10. The fraction of sp³-hybridized carbons (Fsp3) is 0.538. The van der Waals surface area contributed by atoms with Crippen molar-refractivity contribution in [1.29, 1.82) is 0 Å². The number of halogens is 1. The third kappa shape index (κ3) is 6.46. The summed E-state index contributed by atoms with van der Waals surface area (Å²) in [6.45, 7) is 2.22. The Bertz CT molecular complexity index is 320. The summed E-state index contributed by atoms with van der Waals surface area (Å²) >= 11 is 5.34. The van der Waals surface area contributed by atoms with Crippen molar-refractivity contribution in [2.75, 3.05) is 5.75 Å². The van der Waals surface area contributed by atoms with E-state index in [-0.39, 0.29) is 0 Å². The number of hydrazine groups is 1. The normalized spacial score (nSPS) is 12.6. The summed E-state index contributed by atoms with van der Waals surface area (Å²) in [5, 5.41) is 0. The van der Waals surface area contributed by atoms with Crippen molar-refractivity contribution in [2.45, 2.75) is 43.5 Å². The van der Waals surface area contributed by atoms with E-state index in [0.29, 0.717) is 6.04 Å². The Morgan fingerprint density at radius 2 is 2.24 bits per heavy atom. The molecule has 0 amide bonds. The zero-order valence-corrected chi connectivity index (χ0v) is 12.7.